The second-order valence-corrected chi connectivity index (χ2v) is 8.33. The number of benzene rings is 1. The first-order valence-electron chi connectivity index (χ1n) is 11.1. The fraction of sp³-hybridized carbons (Fsp3) is 0.500. The summed E-state index contributed by atoms with van der Waals surface area (Å²) in [4.78, 5) is 12.0. The molecule has 2 aliphatic rings. The number of nitrogens with zero attached hydrogens (tertiary/aromatic N) is 1. The summed E-state index contributed by atoms with van der Waals surface area (Å²) >= 11 is 0. The number of rotatable bonds is 4. The van der Waals surface area contributed by atoms with Crippen LogP contribution in [0.1, 0.15) is 37.3 Å². The predicted octanol–water partition coefficient (Wildman–Crippen LogP) is 0.503. The molecule has 1 aliphatic heterocycles. The Kier molecular flexibility index (Phi) is 7.12. The minimum atomic E-state index is -1.48. The van der Waals surface area contributed by atoms with Gasteiger partial charge in [0.15, 0.2) is 0 Å². The summed E-state index contributed by atoms with van der Waals surface area (Å²) in [6.07, 6.45) is -0.616. The number of nitrogens with one attached hydrogen (secondary N) is 1. The number of aromatic nitrogens is 2. The van der Waals surface area contributed by atoms with Gasteiger partial charge in [-0.25, -0.2) is 0 Å². The maximum atomic E-state index is 12.0. The molecule has 1 aromatic carbocycles. The Balaban J connectivity index is 1.60. The highest BCUT2D eigenvalue weighted by atomic mass is 16.5. The van der Waals surface area contributed by atoms with E-state index in [9.17, 15) is 25.2 Å². The van der Waals surface area contributed by atoms with Crippen LogP contribution in [0.5, 0.6) is 0 Å². The minimum Gasteiger partial charge on any atom is -0.466 e. The van der Waals surface area contributed by atoms with Crippen molar-refractivity contribution in [2.45, 2.75) is 56.7 Å². The van der Waals surface area contributed by atoms with Crippen LogP contribution in [0, 0.1) is 17.8 Å². The lowest BCUT2D eigenvalue weighted by Gasteiger charge is -2.37. The third kappa shape index (κ3) is 4.81. The van der Waals surface area contributed by atoms with Crippen LogP contribution in [0.4, 0.5) is 0 Å². The van der Waals surface area contributed by atoms with E-state index in [4.69, 9.17) is 9.47 Å². The van der Waals surface area contributed by atoms with Gasteiger partial charge in [-0.3, -0.25) is 9.89 Å². The monoisotopic (exact) mass is 456 g/mol. The molecule has 5 unspecified atom stereocenters. The summed E-state index contributed by atoms with van der Waals surface area (Å²) in [6, 6.07) is 3.92. The molecule has 9 nitrogen and oxygen atoms in total. The molecule has 0 spiro atoms. The summed E-state index contributed by atoms with van der Waals surface area (Å²) in [7, 11) is 0. The van der Waals surface area contributed by atoms with Gasteiger partial charge in [-0.1, -0.05) is 17.9 Å². The second-order valence-electron chi connectivity index (χ2n) is 8.33. The van der Waals surface area contributed by atoms with E-state index < -0.39 is 37.1 Å². The Morgan fingerprint density at radius 2 is 2.09 bits per heavy atom. The summed E-state index contributed by atoms with van der Waals surface area (Å²) < 4.78 is 10.6. The van der Waals surface area contributed by atoms with E-state index in [0.29, 0.717) is 25.0 Å². The van der Waals surface area contributed by atoms with Crippen LogP contribution in [-0.4, -0.2) is 80.3 Å². The molecule has 0 amide bonds. The smallest absolute Gasteiger partial charge is 0.309 e. The van der Waals surface area contributed by atoms with Gasteiger partial charge in [0.1, 0.15) is 30.5 Å². The minimum absolute atomic E-state index is 0.128. The molecule has 4 rings (SSSR count). The molecular formula is C24H28N2O7. The first-order valence-corrected chi connectivity index (χ1v) is 11.1. The van der Waals surface area contributed by atoms with Gasteiger partial charge in [0.05, 0.1) is 36.4 Å². The molecule has 176 valence electrons. The average molecular weight is 456 g/mol. The van der Waals surface area contributed by atoms with Crippen molar-refractivity contribution in [2.24, 2.45) is 5.92 Å². The van der Waals surface area contributed by atoms with E-state index in [1.165, 1.54) is 0 Å². The van der Waals surface area contributed by atoms with Crippen molar-refractivity contribution < 1.29 is 34.7 Å². The standard InChI is InChI=1S/C24H28N2O7/c1-2-32-24(31)14-5-3-13(4-6-14)16-9-15(20-17(10-16)11-25-26-20)7-8-18-21(28)23(30)22(29)19(12-27)33-18/h3,9-11,14,18-19,21-23,27-30H,2,4-6,12H2,1H3,(H,25,26)/t14?,18?,19?,21?,22-,23?/m1/s1. The van der Waals surface area contributed by atoms with E-state index in [-0.39, 0.29) is 11.9 Å². The van der Waals surface area contributed by atoms with Gasteiger partial charge in [-0.2, -0.15) is 5.10 Å². The van der Waals surface area contributed by atoms with Crippen molar-refractivity contribution >= 4 is 22.4 Å². The van der Waals surface area contributed by atoms with Crippen LogP contribution in [0.2, 0.25) is 0 Å². The third-order valence-electron chi connectivity index (χ3n) is 6.19. The molecule has 9 heteroatoms. The van der Waals surface area contributed by atoms with Crippen molar-refractivity contribution in [1.82, 2.24) is 10.2 Å². The molecule has 5 N–H and O–H groups in total. The Morgan fingerprint density at radius 3 is 2.79 bits per heavy atom. The predicted molar refractivity (Wildman–Crippen MR) is 119 cm³/mol. The van der Waals surface area contributed by atoms with E-state index in [0.717, 1.165) is 28.5 Å². The fourth-order valence-electron chi connectivity index (χ4n) is 4.28. The number of carbonyl (C=O) groups is 1. The Morgan fingerprint density at radius 1 is 1.27 bits per heavy atom. The van der Waals surface area contributed by atoms with Gasteiger partial charge in [0.2, 0.25) is 0 Å². The molecule has 1 aromatic heterocycles. The highest BCUT2D eigenvalue weighted by Gasteiger charge is 2.42. The largest absolute Gasteiger partial charge is 0.466 e. The van der Waals surface area contributed by atoms with Gasteiger partial charge in [-0.15, -0.1) is 0 Å². The third-order valence-corrected chi connectivity index (χ3v) is 6.19. The van der Waals surface area contributed by atoms with Crippen LogP contribution in [0.3, 0.4) is 0 Å². The van der Waals surface area contributed by atoms with E-state index in [1.807, 2.05) is 12.1 Å². The van der Waals surface area contributed by atoms with Gasteiger partial charge >= 0.3 is 5.97 Å². The average Bonchev–Trinajstić information content (AvgIpc) is 3.31. The Labute approximate surface area is 191 Å². The van der Waals surface area contributed by atoms with E-state index in [1.54, 1.807) is 13.1 Å². The normalized spacial score (nSPS) is 29.8. The second kappa shape index (κ2) is 10.0. The molecular weight excluding hydrogens is 428 g/mol. The van der Waals surface area contributed by atoms with Gasteiger partial charge in [-0.05, 0) is 49.5 Å². The lowest BCUT2D eigenvalue weighted by Crippen LogP contribution is -2.58. The summed E-state index contributed by atoms with van der Waals surface area (Å²) in [5, 5.41) is 47.5. The SMILES string of the molecule is CCOC(=O)C1CC=C(c2cc(C#CC3OC(CO)[C@@H](O)C(O)C3O)c3[nH]ncc3c2)CC1. The summed E-state index contributed by atoms with van der Waals surface area (Å²) in [5.74, 6) is 5.52. The Hall–Kier alpha value is -2.74. The van der Waals surface area contributed by atoms with E-state index >= 15 is 0 Å². The van der Waals surface area contributed by atoms with Crippen molar-refractivity contribution in [2.75, 3.05) is 13.2 Å². The molecule has 1 fully saturated rings. The zero-order valence-corrected chi connectivity index (χ0v) is 18.3. The first-order chi connectivity index (χ1) is 15.9. The molecule has 0 saturated carbocycles. The highest BCUT2D eigenvalue weighted by Crippen LogP contribution is 2.33. The lowest BCUT2D eigenvalue weighted by atomic mass is 9.86. The zero-order valence-electron chi connectivity index (χ0n) is 18.3. The topological polar surface area (TPSA) is 145 Å². The molecule has 0 bridgehead atoms. The maximum Gasteiger partial charge on any atom is 0.309 e. The van der Waals surface area contributed by atoms with Gasteiger partial charge in [0.25, 0.3) is 0 Å². The zero-order chi connectivity index (χ0) is 23.5. The van der Waals surface area contributed by atoms with Gasteiger partial charge in [0, 0.05) is 5.39 Å². The summed E-state index contributed by atoms with van der Waals surface area (Å²) in [5.41, 5.74) is 3.42. The van der Waals surface area contributed by atoms with Crippen molar-refractivity contribution in [1.29, 1.82) is 0 Å². The van der Waals surface area contributed by atoms with Crippen LogP contribution < -0.4 is 0 Å². The van der Waals surface area contributed by atoms with E-state index in [2.05, 4.69) is 28.1 Å². The molecule has 0 radical (unpaired) electrons. The number of carbonyl (C=O) groups excluding carboxylic acids is 1. The number of hydrogen-bond acceptors (Lipinski definition) is 8. The first kappa shape index (κ1) is 23.4. The maximum absolute atomic E-state index is 12.0. The Bertz CT molecular complexity index is 1100. The van der Waals surface area contributed by atoms with Gasteiger partial charge < -0.3 is 29.9 Å². The summed E-state index contributed by atoms with van der Waals surface area (Å²) in [6.45, 7) is 1.67. The fourth-order valence-corrected chi connectivity index (χ4v) is 4.28. The van der Waals surface area contributed by atoms with Crippen LogP contribution in [0.15, 0.2) is 24.4 Å². The molecule has 1 saturated heterocycles. The number of fused-ring (bicyclic) bond motifs is 1. The molecule has 2 heterocycles. The lowest BCUT2D eigenvalue weighted by molar-refractivity contribution is -0.214. The van der Waals surface area contributed by atoms with Crippen molar-refractivity contribution in [3.05, 3.63) is 35.5 Å². The van der Waals surface area contributed by atoms with Crippen LogP contribution in [0.25, 0.3) is 16.5 Å². The molecule has 6 atom stereocenters. The van der Waals surface area contributed by atoms with Crippen LogP contribution >= 0.6 is 0 Å². The molecule has 33 heavy (non-hydrogen) atoms. The number of hydrogen-bond donors (Lipinski definition) is 5. The van der Waals surface area contributed by atoms with Crippen molar-refractivity contribution in [3.8, 4) is 11.8 Å². The number of aromatic amines is 1. The van der Waals surface area contributed by atoms with Crippen molar-refractivity contribution in [3.63, 3.8) is 0 Å². The molecule has 2 aromatic rings. The number of allylic oxidation sites excluding steroid dienone is 2. The molecule has 1 aliphatic carbocycles. The number of ether oxygens (including phenoxy) is 2. The number of aliphatic hydroxyl groups excluding tert-OH is 4. The number of H-pyrrole nitrogens is 1. The number of esters is 1. The quantitative estimate of drug-likeness (QED) is 0.330. The highest BCUT2D eigenvalue weighted by molar-refractivity contribution is 5.88. The van der Waals surface area contributed by atoms with Crippen LogP contribution in [-0.2, 0) is 14.3 Å². The number of aliphatic hydroxyl groups is 4.